The fourth-order valence-electron chi connectivity index (χ4n) is 5.53. The van der Waals surface area contributed by atoms with Crippen LogP contribution in [0.5, 0.6) is 0 Å². The van der Waals surface area contributed by atoms with Crippen LogP contribution in [0.2, 0.25) is 0 Å². The number of hydrogen-bond acceptors (Lipinski definition) is 17. The van der Waals surface area contributed by atoms with Gasteiger partial charge in [-0.05, 0) is 6.07 Å². The molecular formula is C21H25N9O13P2. The Labute approximate surface area is 251 Å². The minimum atomic E-state index is -5.11. The Bertz CT molecular complexity index is 1720. The molecule has 3 saturated heterocycles. The fraction of sp³-hybridized carbons (Fsp3) is 0.524. The number of anilines is 1. The number of aliphatic hydroxyl groups excluding tert-OH is 2. The zero-order chi connectivity index (χ0) is 31.8. The molecule has 0 aromatic carbocycles. The van der Waals surface area contributed by atoms with Crippen molar-refractivity contribution >= 4 is 56.5 Å². The van der Waals surface area contributed by atoms with Crippen LogP contribution in [0.25, 0.3) is 11.0 Å². The summed E-state index contributed by atoms with van der Waals surface area (Å²) in [7, 11) is -10.2. The fourth-order valence-corrected chi connectivity index (χ4v) is 7.43. The Morgan fingerprint density at radius 2 is 1.69 bits per heavy atom. The Morgan fingerprint density at radius 3 is 2.44 bits per heavy atom. The SMILES string of the molecule is N=C1N=C2C(N=CN2[C@@H]2O[C@@H]3COP(=O)(O)O[C@H]4[C@@H](O)[C@H](n5cnc6c(N)nccc65)O[C@@H]4COP(=O)(O)O[C@@H]2[C@@H]3O)C(=O)N1. The number of nitrogens with one attached hydrogen (secondary N) is 2. The van der Waals surface area contributed by atoms with Crippen molar-refractivity contribution in [2.45, 2.75) is 55.1 Å². The summed E-state index contributed by atoms with van der Waals surface area (Å²) >= 11 is 0. The second-order valence-corrected chi connectivity index (χ2v) is 13.2. The van der Waals surface area contributed by atoms with Gasteiger partial charge in [-0.25, -0.2) is 19.1 Å². The summed E-state index contributed by atoms with van der Waals surface area (Å²) in [4.78, 5) is 50.7. The number of nitrogens with zero attached hydrogens (tertiary/aromatic N) is 6. The average Bonchev–Trinajstić information content (AvgIpc) is 3.72. The Hall–Kier alpha value is -3.24. The van der Waals surface area contributed by atoms with E-state index in [1.165, 1.54) is 23.2 Å². The maximum Gasteiger partial charge on any atom is 0.472 e. The summed E-state index contributed by atoms with van der Waals surface area (Å²) in [6, 6.07) is 0.357. The lowest BCUT2D eigenvalue weighted by molar-refractivity contribution is -0.119. The lowest BCUT2D eigenvalue weighted by Crippen LogP contribution is -2.53. The van der Waals surface area contributed by atoms with Gasteiger partial charge in [-0.15, -0.1) is 0 Å². The van der Waals surface area contributed by atoms with Crippen LogP contribution in [0.3, 0.4) is 0 Å². The monoisotopic (exact) mass is 673 g/mol. The number of aliphatic imine (C=N–C) groups is 2. The molecule has 242 valence electrons. The molecule has 2 aromatic heterocycles. The van der Waals surface area contributed by atoms with Crippen molar-refractivity contribution in [3.63, 3.8) is 0 Å². The third-order valence-corrected chi connectivity index (χ3v) is 9.54. The van der Waals surface area contributed by atoms with E-state index < -0.39 is 95.8 Å². The number of phosphoric ester groups is 2. The molecule has 24 heteroatoms. The highest BCUT2D eigenvalue weighted by atomic mass is 31.2. The molecule has 2 aromatic rings. The molecule has 0 aliphatic carbocycles. The number of ether oxygens (including phenoxy) is 2. The number of aromatic nitrogens is 3. The lowest BCUT2D eigenvalue weighted by Gasteiger charge is -2.31. The first-order valence-corrected chi connectivity index (χ1v) is 16.2. The van der Waals surface area contributed by atoms with Crippen molar-refractivity contribution in [1.29, 1.82) is 5.41 Å². The van der Waals surface area contributed by atoms with Gasteiger partial charge in [0.2, 0.25) is 5.96 Å². The highest BCUT2D eigenvalue weighted by Crippen LogP contribution is 2.53. The van der Waals surface area contributed by atoms with Crippen LogP contribution in [-0.2, 0) is 41.5 Å². The quantitative estimate of drug-likeness (QED) is 0.163. The van der Waals surface area contributed by atoms with E-state index in [9.17, 15) is 33.9 Å². The van der Waals surface area contributed by atoms with E-state index in [0.29, 0.717) is 5.52 Å². The first-order valence-electron chi connectivity index (χ1n) is 13.2. The molecule has 3 fully saturated rings. The molecule has 7 heterocycles. The second kappa shape index (κ2) is 10.9. The Balaban J connectivity index is 1.17. The maximum atomic E-state index is 13.2. The minimum Gasteiger partial charge on any atom is -0.387 e. The number of hydrogen-bond donors (Lipinski definition) is 7. The van der Waals surface area contributed by atoms with Crippen LogP contribution in [-0.4, -0.2) is 126 Å². The number of amidine groups is 1. The summed E-state index contributed by atoms with van der Waals surface area (Å²) in [6.07, 6.45) is -8.74. The number of phosphoric acid groups is 2. The molecule has 1 amide bonds. The molecule has 5 aliphatic heterocycles. The van der Waals surface area contributed by atoms with Crippen LogP contribution in [0, 0.1) is 5.41 Å². The molecule has 8 N–H and O–H groups in total. The van der Waals surface area contributed by atoms with Crippen molar-refractivity contribution in [3.05, 3.63) is 18.6 Å². The summed E-state index contributed by atoms with van der Waals surface area (Å²) < 4.78 is 60.1. The Kier molecular flexibility index (Phi) is 7.39. The van der Waals surface area contributed by atoms with E-state index in [0.717, 1.165) is 11.2 Å². The summed E-state index contributed by atoms with van der Waals surface area (Å²) in [5.74, 6) is -1.19. The molecule has 0 spiro atoms. The molecule has 45 heavy (non-hydrogen) atoms. The highest BCUT2D eigenvalue weighted by molar-refractivity contribution is 7.47. The zero-order valence-electron chi connectivity index (χ0n) is 22.5. The van der Waals surface area contributed by atoms with Crippen LogP contribution < -0.4 is 11.1 Å². The molecule has 5 aliphatic rings. The third kappa shape index (κ3) is 5.37. The van der Waals surface area contributed by atoms with E-state index in [1.807, 2.05) is 0 Å². The Morgan fingerprint density at radius 1 is 1.00 bits per heavy atom. The number of fused-ring (bicyclic) bond motifs is 5. The van der Waals surface area contributed by atoms with Crippen LogP contribution in [0.1, 0.15) is 6.23 Å². The molecule has 7 rings (SSSR count). The van der Waals surface area contributed by atoms with E-state index in [2.05, 4.69) is 25.3 Å². The number of nitrogen functional groups attached to an aromatic ring is 1. The largest absolute Gasteiger partial charge is 0.472 e. The van der Waals surface area contributed by atoms with Gasteiger partial charge in [-0.3, -0.25) is 43.5 Å². The number of amides is 1. The molecule has 11 atom stereocenters. The molecule has 0 saturated carbocycles. The van der Waals surface area contributed by atoms with Crippen LogP contribution in [0.15, 0.2) is 28.6 Å². The average molecular weight is 673 g/mol. The number of nitrogens with two attached hydrogens (primary N) is 1. The van der Waals surface area contributed by atoms with Gasteiger partial charge in [0.25, 0.3) is 5.91 Å². The smallest absolute Gasteiger partial charge is 0.387 e. The van der Waals surface area contributed by atoms with Crippen molar-refractivity contribution < 1.29 is 61.5 Å². The van der Waals surface area contributed by atoms with Crippen LogP contribution >= 0.6 is 15.6 Å². The highest BCUT2D eigenvalue weighted by Gasteiger charge is 2.56. The summed E-state index contributed by atoms with van der Waals surface area (Å²) in [6.45, 7) is -1.63. The predicted octanol–water partition coefficient (Wildman–Crippen LogP) is -2.45. The van der Waals surface area contributed by atoms with Gasteiger partial charge < -0.3 is 39.8 Å². The first kappa shape index (κ1) is 30.4. The number of rotatable bonds is 2. The second-order valence-electron chi connectivity index (χ2n) is 10.4. The molecule has 0 radical (unpaired) electrons. The number of pyridine rings is 1. The van der Waals surface area contributed by atoms with Gasteiger partial charge in [0.05, 0.1) is 31.4 Å². The van der Waals surface area contributed by atoms with Crippen molar-refractivity contribution in [2.24, 2.45) is 9.98 Å². The van der Waals surface area contributed by atoms with Gasteiger partial charge in [0.1, 0.15) is 42.1 Å². The van der Waals surface area contributed by atoms with Gasteiger partial charge >= 0.3 is 15.6 Å². The number of guanidine groups is 1. The van der Waals surface area contributed by atoms with Crippen LogP contribution in [0.4, 0.5) is 5.82 Å². The maximum absolute atomic E-state index is 13.2. The van der Waals surface area contributed by atoms with E-state index in [4.69, 9.17) is 38.7 Å². The topological polar surface area (TPSA) is 308 Å². The molecular weight excluding hydrogens is 648 g/mol. The van der Waals surface area contributed by atoms with Gasteiger partial charge in [-0.1, -0.05) is 0 Å². The lowest BCUT2D eigenvalue weighted by atomic mass is 10.1. The van der Waals surface area contributed by atoms with Gasteiger partial charge in [0.15, 0.2) is 30.2 Å². The van der Waals surface area contributed by atoms with E-state index in [1.54, 1.807) is 0 Å². The van der Waals surface area contributed by atoms with Crippen molar-refractivity contribution in [3.8, 4) is 0 Å². The van der Waals surface area contributed by atoms with Crippen molar-refractivity contribution in [1.82, 2.24) is 24.8 Å². The van der Waals surface area contributed by atoms with E-state index in [-0.39, 0.29) is 17.2 Å². The van der Waals surface area contributed by atoms with Gasteiger partial charge in [0, 0.05) is 6.20 Å². The first-order chi connectivity index (χ1) is 21.3. The normalized spacial score (nSPS) is 42.0. The number of aliphatic hydroxyl groups is 2. The molecule has 2 bridgehead atoms. The molecule has 3 unspecified atom stereocenters. The number of imidazole rings is 1. The van der Waals surface area contributed by atoms with Gasteiger partial charge in [-0.2, -0.15) is 4.99 Å². The number of carbonyl (C=O) groups is 1. The standard InChI is InChI=1S/C21H25N9O13P2/c22-16-10-7(1-2-24-16)29(5-25-10)19-13(32)14-9(41-19)4-39-45(36,37)43-15-12(31)8(3-38-44(34,35)42-14)40-20(15)30-6-26-11-17(30)27-21(23)28-18(11)33/h1-2,5-6,8-9,11-15,19-20,31-32H,3-4H2,(H2,22,24)(H,34,35)(H,36,37)(H2,23,28,33)/t8-,9-,11?,12-,13-,14-,15-,19-,20-/m1/s1. The molecule has 22 nitrogen and oxygen atoms in total. The third-order valence-electron chi connectivity index (χ3n) is 7.57. The predicted molar refractivity (Wildman–Crippen MR) is 145 cm³/mol. The number of carbonyl (C=O) groups excluding carboxylic acids is 1. The van der Waals surface area contributed by atoms with Crippen molar-refractivity contribution in [2.75, 3.05) is 18.9 Å². The minimum absolute atomic E-state index is 0.0951. The summed E-state index contributed by atoms with van der Waals surface area (Å²) in [5, 5.41) is 32.1. The summed E-state index contributed by atoms with van der Waals surface area (Å²) in [5.41, 5.74) is 6.54. The zero-order valence-corrected chi connectivity index (χ0v) is 24.3. The van der Waals surface area contributed by atoms with E-state index >= 15 is 0 Å².